The lowest BCUT2D eigenvalue weighted by atomic mass is 9.99. The predicted molar refractivity (Wildman–Crippen MR) is 69.6 cm³/mol. The quantitative estimate of drug-likeness (QED) is 0.827. The molecule has 1 aliphatic rings. The van der Waals surface area contributed by atoms with Gasteiger partial charge in [-0.2, -0.15) is 0 Å². The van der Waals surface area contributed by atoms with Crippen molar-refractivity contribution in [2.75, 3.05) is 19.7 Å². The van der Waals surface area contributed by atoms with Crippen LogP contribution >= 0.6 is 0 Å². The number of nitrogens with two attached hydrogens (primary N) is 1. The average molecular weight is 234 g/mol. The van der Waals surface area contributed by atoms with Crippen molar-refractivity contribution >= 4 is 0 Å². The summed E-state index contributed by atoms with van der Waals surface area (Å²) in [4.78, 5) is 2.40. The number of likely N-dealkylation sites (tertiary alicyclic amines) is 1. The first-order valence-corrected chi connectivity index (χ1v) is 6.38. The van der Waals surface area contributed by atoms with Crippen LogP contribution in [0.15, 0.2) is 30.3 Å². The molecule has 1 aliphatic heterocycles. The molecule has 1 fully saturated rings. The second kappa shape index (κ2) is 5.63. The number of hydrogen-bond acceptors (Lipinski definition) is 3. The molecule has 1 aromatic rings. The minimum atomic E-state index is 0.106. The molecule has 0 saturated carbocycles. The first-order valence-electron chi connectivity index (χ1n) is 6.38. The summed E-state index contributed by atoms with van der Waals surface area (Å²) in [7, 11) is 0. The molecule has 0 bridgehead atoms. The van der Waals surface area contributed by atoms with E-state index < -0.39 is 0 Å². The molecule has 1 heterocycles. The van der Waals surface area contributed by atoms with E-state index in [2.05, 4.69) is 36.1 Å². The molecule has 0 spiro atoms. The highest BCUT2D eigenvalue weighted by atomic mass is 16.3. The Kier molecular flexibility index (Phi) is 4.15. The highest BCUT2D eigenvalue weighted by Gasteiger charge is 2.30. The first-order chi connectivity index (χ1) is 8.22. The van der Waals surface area contributed by atoms with Gasteiger partial charge in [0, 0.05) is 25.2 Å². The smallest absolute Gasteiger partial charge is 0.0496 e. The van der Waals surface area contributed by atoms with Crippen molar-refractivity contribution in [3.8, 4) is 0 Å². The monoisotopic (exact) mass is 234 g/mol. The Morgan fingerprint density at radius 1 is 1.41 bits per heavy atom. The molecule has 3 atom stereocenters. The zero-order chi connectivity index (χ0) is 12.3. The minimum absolute atomic E-state index is 0.106. The van der Waals surface area contributed by atoms with Crippen molar-refractivity contribution in [1.29, 1.82) is 0 Å². The van der Waals surface area contributed by atoms with Crippen molar-refractivity contribution in [3.63, 3.8) is 0 Å². The van der Waals surface area contributed by atoms with Crippen LogP contribution in [-0.4, -0.2) is 35.7 Å². The van der Waals surface area contributed by atoms with Gasteiger partial charge in [0.15, 0.2) is 0 Å². The molecule has 0 amide bonds. The van der Waals surface area contributed by atoms with Crippen LogP contribution in [0.5, 0.6) is 0 Å². The molecule has 0 radical (unpaired) electrons. The lowest BCUT2D eigenvalue weighted by Gasteiger charge is -2.31. The first kappa shape index (κ1) is 12.6. The van der Waals surface area contributed by atoms with Crippen molar-refractivity contribution in [3.05, 3.63) is 35.9 Å². The summed E-state index contributed by atoms with van der Waals surface area (Å²) in [6.45, 7) is 4.34. The normalized spacial score (nSPS) is 24.8. The molecule has 0 aliphatic carbocycles. The SMILES string of the molecule is CC(N)C(c1ccccc1)N1CCC(CO)C1. The third-order valence-electron chi connectivity index (χ3n) is 3.61. The molecular weight excluding hydrogens is 212 g/mol. The Labute approximate surface area is 103 Å². The maximum Gasteiger partial charge on any atom is 0.0496 e. The summed E-state index contributed by atoms with van der Waals surface area (Å²) in [5.41, 5.74) is 7.41. The highest BCUT2D eigenvalue weighted by Crippen LogP contribution is 2.29. The fourth-order valence-corrected chi connectivity index (χ4v) is 2.76. The van der Waals surface area contributed by atoms with E-state index in [-0.39, 0.29) is 18.7 Å². The second-order valence-electron chi connectivity index (χ2n) is 5.05. The number of nitrogens with zero attached hydrogens (tertiary/aromatic N) is 1. The van der Waals surface area contributed by atoms with Crippen LogP contribution < -0.4 is 5.73 Å². The van der Waals surface area contributed by atoms with E-state index in [9.17, 15) is 5.11 Å². The van der Waals surface area contributed by atoms with E-state index >= 15 is 0 Å². The van der Waals surface area contributed by atoms with E-state index in [1.807, 2.05) is 6.07 Å². The molecule has 3 unspecified atom stereocenters. The predicted octanol–water partition coefficient (Wildman–Crippen LogP) is 1.39. The Morgan fingerprint density at radius 3 is 2.65 bits per heavy atom. The van der Waals surface area contributed by atoms with Gasteiger partial charge in [-0.1, -0.05) is 30.3 Å². The largest absolute Gasteiger partial charge is 0.396 e. The molecule has 0 aromatic heterocycles. The number of benzene rings is 1. The topological polar surface area (TPSA) is 49.5 Å². The van der Waals surface area contributed by atoms with Crippen LogP contribution in [0, 0.1) is 5.92 Å². The van der Waals surface area contributed by atoms with Gasteiger partial charge in [-0.3, -0.25) is 4.90 Å². The van der Waals surface area contributed by atoms with Gasteiger partial charge in [0.2, 0.25) is 0 Å². The van der Waals surface area contributed by atoms with Crippen LogP contribution in [-0.2, 0) is 0 Å². The summed E-state index contributed by atoms with van der Waals surface area (Å²) < 4.78 is 0. The Hall–Kier alpha value is -0.900. The standard InChI is InChI=1S/C14H22N2O/c1-11(15)14(13-5-3-2-4-6-13)16-8-7-12(9-16)10-17/h2-6,11-12,14,17H,7-10,15H2,1H3. The number of aliphatic hydroxyl groups is 1. The lowest BCUT2D eigenvalue weighted by molar-refractivity contribution is 0.185. The molecule has 2 rings (SSSR count). The highest BCUT2D eigenvalue weighted by molar-refractivity contribution is 5.20. The zero-order valence-electron chi connectivity index (χ0n) is 10.4. The lowest BCUT2D eigenvalue weighted by Crippen LogP contribution is -2.38. The summed E-state index contributed by atoms with van der Waals surface area (Å²) in [6.07, 6.45) is 1.08. The Balaban J connectivity index is 2.14. The minimum Gasteiger partial charge on any atom is -0.396 e. The number of aliphatic hydroxyl groups excluding tert-OH is 1. The zero-order valence-corrected chi connectivity index (χ0v) is 10.4. The van der Waals surface area contributed by atoms with Gasteiger partial charge in [0.05, 0.1) is 0 Å². The third-order valence-corrected chi connectivity index (χ3v) is 3.61. The van der Waals surface area contributed by atoms with E-state index in [4.69, 9.17) is 5.73 Å². The molecule has 17 heavy (non-hydrogen) atoms. The van der Waals surface area contributed by atoms with Gasteiger partial charge in [-0.05, 0) is 31.4 Å². The molecular formula is C14H22N2O. The molecule has 1 saturated heterocycles. The van der Waals surface area contributed by atoms with E-state index in [0.29, 0.717) is 5.92 Å². The van der Waals surface area contributed by atoms with Crippen LogP contribution in [0.25, 0.3) is 0 Å². The number of rotatable bonds is 4. The Bertz CT molecular complexity index is 339. The maximum absolute atomic E-state index is 9.22. The summed E-state index contributed by atoms with van der Waals surface area (Å²) in [6, 6.07) is 10.8. The van der Waals surface area contributed by atoms with Crippen LogP contribution in [0.3, 0.4) is 0 Å². The van der Waals surface area contributed by atoms with Crippen LogP contribution in [0.4, 0.5) is 0 Å². The molecule has 1 aromatic carbocycles. The van der Waals surface area contributed by atoms with Gasteiger partial charge in [-0.15, -0.1) is 0 Å². The van der Waals surface area contributed by atoms with Gasteiger partial charge < -0.3 is 10.8 Å². The third kappa shape index (κ3) is 2.86. The van der Waals surface area contributed by atoms with Gasteiger partial charge in [0.25, 0.3) is 0 Å². The van der Waals surface area contributed by atoms with Gasteiger partial charge in [0.1, 0.15) is 0 Å². The van der Waals surface area contributed by atoms with Gasteiger partial charge >= 0.3 is 0 Å². The molecule has 3 nitrogen and oxygen atoms in total. The average Bonchev–Trinajstić information content (AvgIpc) is 2.79. The van der Waals surface area contributed by atoms with Crippen molar-refractivity contribution < 1.29 is 5.11 Å². The summed E-state index contributed by atoms with van der Waals surface area (Å²) >= 11 is 0. The fourth-order valence-electron chi connectivity index (χ4n) is 2.76. The summed E-state index contributed by atoms with van der Waals surface area (Å²) in [5, 5.41) is 9.22. The molecule has 3 N–H and O–H groups in total. The van der Waals surface area contributed by atoms with Gasteiger partial charge in [-0.25, -0.2) is 0 Å². The summed E-state index contributed by atoms with van der Waals surface area (Å²) in [5.74, 6) is 0.417. The molecule has 94 valence electrons. The van der Waals surface area contributed by atoms with Crippen molar-refractivity contribution in [2.24, 2.45) is 11.7 Å². The molecule has 3 heteroatoms. The van der Waals surface area contributed by atoms with Crippen molar-refractivity contribution in [1.82, 2.24) is 4.90 Å². The maximum atomic E-state index is 9.22. The van der Waals surface area contributed by atoms with Crippen LogP contribution in [0.2, 0.25) is 0 Å². The second-order valence-corrected chi connectivity index (χ2v) is 5.05. The Morgan fingerprint density at radius 2 is 2.12 bits per heavy atom. The van der Waals surface area contributed by atoms with E-state index in [1.54, 1.807) is 0 Å². The van der Waals surface area contributed by atoms with E-state index in [1.165, 1.54) is 5.56 Å². The fraction of sp³-hybridized carbons (Fsp3) is 0.571. The number of hydrogen-bond donors (Lipinski definition) is 2. The van der Waals surface area contributed by atoms with Crippen molar-refractivity contribution in [2.45, 2.75) is 25.4 Å². The van der Waals surface area contributed by atoms with Crippen LogP contribution in [0.1, 0.15) is 24.9 Å². The van der Waals surface area contributed by atoms with E-state index in [0.717, 1.165) is 19.5 Å².